The summed E-state index contributed by atoms with van der Waals surface area (Å²) in [5, 5.41) is 5.96. The van der Waals surface area contributed by atoms with E-state index in [-0.39, 0.29) is 52.1 Å². The topological polar surface area (TPSA) is 38.7 Å². The lowest BCUT2D eigenvalue weighted by molar-refractivity contribution is 1.08. The lowest BCUT2D eigenvalue weighted by atomic mass is 9.97. The zero-order chi connectivity index (χ0) is 49.5. The third kappa shape index (κ3) is 5.36. The molecule has 5 heteroatoms. The quantitative estimate of drug-likeness (QED) is 0.174. The summed E-state index contributed by atoms with van der Waals surface area (Å²) in [6, 6.07) is 28.8. The van der Waals surface area contributed by atoms with Gasteiger partial charge in [0.05, 0.1) is 17.8 Å². The summed E-state index contributed by atoms with van der Waals surface area (Å²) in [5.74, 6) is 0.935. The highest BCUT2D eigenvalue weighted by molar-refractivity contribution is 7.27. The minimum absolute atomic E-state index is 0.105. The highest BCUT2D eigenvalue weighted by atomic mass is 32.1. The molecule has 0 radical (unpaired) electrons. The first-order valence-electron chi connectivity index (χ1n) is 24.9. The molecule has 0 bridgehead atoms. The molecule has 0 fully saturated rings. The van der Waals surface area contributed by atoms with Gasteiger partial charge in [-0.2, -0.15) is 0 Å². The molecule has 0 saturated heterocycles. The van der Waals surface area contributed by atoms with Gasteiger partial charge in [-0.1, -0.05) is 164 Å². The highest BCUT2D eigenvalue weighted by Crippen LogP contribution is 2.47. The highest BCUT2D eigenvalue weighted by Gasteiger charge is 2.22. The molecule has 3 heterocycles. The Morgan fingerprint density at radius 1 is 0.379 bits per heavy atom. The summed E-state index contributed by atoms with van der Waals surface area (Å²) in [7, 11) is 0. The van der Waals surface area contributed by atoms with Crippen LogP contribution in [0.25, 0.3) is 118 Å². The van der Waals surface area contributed by atoms with Crippen molar-refractivity contribution in [2.75, 3.05) is 0 Å². The lowest BCUT2D eigenvalue weighted by Gasteiger charge is -2.13. The molecule has 0 aliphatic rings. The van der Waals surface area contributed by atoms with Crippen molar-refractivity contribution < 1.29 is 17.8 Å². The molecule has 270 valence electrons. The SMILES string of the molecule is [2H]c1c([2H])c([2H])c(-c2ccc3c(c2)sc2c4ccccc4cc(-c4nc(-c5ccccc5)nc(-c5cc6ccccc6c6sc7c([2H])c(-c8c([2H])c([2H])c([2H])c([2H])c8[2H])c([2H])c([2H])c7c56)n4)c32)c([2H])c1[2H]. The van der Waals surface area contributed by atoms with Crippen LogP contribution in [0.1, 0.15) is 17.8 Å². The minimum atomic E-state index is -0.604. The van der Waals surface area contributed by atoms with Gasteiger partial charge in [-0.05, 0) is 68.0 Å². The van der Waals surface area contributed by atoms with Gasteiger partial charge in [-0.3, -0.25) is 0 Å². The monoisotopic (exact) mass is 786 g/mol. The third-order valence-electron chi connectivity index (χ3n) is 10.4. The largest absolute Gasteiger partial charge is 0.208 e. The van der Waals surface area contributed by atoms with E-state index < -0.39 is 54.4 Å². The Hall–Kier alpha value is -7.05. The summed E-state index contributed by atoms with van der Waals surface area (Å²) < 4.78 is 116. The van der Waals surface area contributed by atoms with Crippen molar-refractivity contribution in [3.05, 3.63) is 188 Å². The van der Waals surface area contributed by atoms with Gasteiger partial charge in [0.25, 0.3) is 0 Å². The maximum Gasteiger partial charge on any atom is 0.164 e. The number of hydrogen-bond acceptors (Lipinski definition) is 5. The van der Waals surface area contributed by atoms with Crippen molar-refractivity contribution in [3.8, 4) is 56.4 Å². The normalized spacial score (nSPS) is 14.9. The summed E-state index contributed by atoms with van der Waals surface area (Å²) in [4.78, 5) is 15.6. The van der Waals surface area contributed by atoms with Crippen molar-refractivity contribution in [1.29, 1.82) is 0 Å². The Labute approximate surface area is 360 Å². The molecule has 0 saturated carbocycles. The Balaban J connectivity index is 1.17. The summed E-state index contributed by atoms with van der Waals surface area (Å²) >= 11 is 2.74. The van der Waals surface area contributed by atoms with E-state index in [2.05, 4.69) is 0 Å². The van der Waals surface area contributed by atoms with E-state index in [9.17, 15) is 4.11 Å². The summed E-state index contributed by atoms with van der Waals surface area (Å²) in [6.45, 7) is 0. The number of aromatic nitrogens is 3. The van der Waals surface area contributed by atoms with E-state index in [1.807, 2.05) is 103 Å². The molecule has 58 heavy (non-hydrogen) atoms. The van der Waals surface area contributed by atoms with Crippen molar-refractivity contribution in [2.24, 2.45) is 0 Å². The Kier molecular flexibility index (Phi) is 5.18. The fourth-order valence-electron chi connectivity index (χ4n) is 7.76. The predicted molar refractivity (Wildman–Crippen MR) is 248 cm³/mol. The molecule has 0 spiro atoms. The van der Waals surface area contributed by atoms with E-state index in [1.54, 1.807) is 6.07 Å². The third-order valence-corrected chi connectivity index (χ3v) is 12.7. The molecule has 0 amide bonds. The fourth-order valence-corrected chi connectivity index (χ4v) is 10.3. The Morgan fingerprint density at radius 3 is 1.59 bits per heavy atom. The average Bonchev–Trinajstić information content (AvgIpc) is 3.99. The number of hydrogen-bond donors (Lipinski definition) is 0. The van der Waals surface area contributed by atoms with Crippen LogP contribution in [-0.2, 0) is 0 Å². The van der Waals surface area contributed by atoms with Crippen LogP contribution in [0.15, 0.2) is 188 Å². The van der Waals surface area contributed by atoms with Gasteiger partial charge in [-0.15, -0.1) is 22.7 Å². The van der Waals surface area contributed by atoms with Crippen molar-refractivity contribution in [2.45, 2.75) is 0 Å². The first kappa shape index (κ1) is 22.6. The molecule has 3 nitrogen and oxygen atoms in total. The van der Waals surface area contributed by atoms with Gasteiger partial charge < -0.3 is 0 Å². The standard InChI is InChI=1S/C53H31N3S2/c1-4-14-32(15-5-1)35-24-26-41-45(30-35)57-49-39-22-12-10-20-37(39)28-43(47(41)49)52-54-51(34-18-8-3-9-19-34)55-53(56-52)44-29-38-21-11-13-23-40(38)50-48(44)42-27-25-36(31-46(42)58-50)33-16-6-2-7-17-33/h1-31H/i1D,2D,4D,5D,6D,7D,14D,15D,16D,17D,24D,26D,30D. The maximum atomic E-state index is 9.62. The molecule has 0 aliphatic carbocycles. The average molecular weight is 787 g/mol. The molecule has 3 aromatic heterocycles. The predicted octanol–water partition coefficient (Wildman–Crippen LogP) is 15.2. The van der Waals surface area contributed by atoms with E-state index in [0.717, 1.165) is 41.7 Å². The first-order chi connectivity index (χ1) is 34.1. The summed E-state index contributed by atoms with van der Waals surface area (Å²) in [5.41, 5.74) is 1.93. The number of benzene rings is 9. The van der Waals surface area contributed by atoms with Gasteiger partial charge in [0.2, 0.25) is 0 Å². The fraction of sp³-hybridized carbons (Fsp3) is 0. The second-order valence-electron chi connectivity index (χ2n) is 13.7. The van der Waals surface area contributed by atoms with Crippen molar-refractivity contribution >= 4 is 84.6 Å². The molecule has 9 aromatic carbocycles. The number of thiophene rings is 2. The van der Waals surface area contributed by atoms with E-state index in [1.165, 1.54) is 22.7 Å². The molecule has 0 aliphatic heterocycles. The number of fused-ring (bicyclic) bond motifs is 10. The smallest absolute Gasteiger partial charge is 0.164 e. The Bertz CT molecular complexity index is 4290. The van der Waals surface area contributed by atoms with Crippen LogP contribution in [0, 0.1) is 0 Å². The molecule has 12 rings (SSSR count). The zero-order valence-electron chi connectivity index (χ0n) is 43.1. The van der Waals surface area contributed by atoms with Gasteiger partial charge >= 0.3 is 0 Å². The van der Waals surface area contributed by atoms with Crippen LogP contribution in [0.5, 0.6) is 0 Å². The molecule has 0 N–H and O–H groups in total. The summed E-state index contributed by atoms with van der Waals surface area (Å²) in [6.07, 6.45) is 0. The minimum Gasteiger partial charge on any atom is -0.208 e. The van der Waals surface area contributed by atoms with Crippen LogP contribution in [-0.4, -0.2) is 15.0 Å². The number of nitrogens with zero attached hydrogens (tertiary/aromatic N) is 3. The maximum absolute atomic E-state index is 9.62. The molecule has 0 atom stereocenters. The first-order valence-corrected chi connectivity index (χ1v) is 20.0. The van der Waals surface area contributed by atoms with Crippen LogP contribution in [0.4, 0.5) is 0 Å². The van der Waals surface area contributed by atoms with E-state index >= 15 is 0 Å². The van der Waals surface area contributed by atoms with Gasteiger partial charge in [0.15, 0.2) is 17.5 Å². The zero-order valence-corrected chi connectivity index (χ0v) is 31.7. The van der Waals surface area contributed by atoms with Crippen molar-refractivity contribution in [3.63, 3.8) is 0 Å². The molecule has 12 aromatic rings. The Morgan fingerprint density at radius 2 is 0.931 bits per heavy atom. The molecule has 0 unspecified atom stereocenters. The molecular weight excluding hydrogens is 743 g/mol. The van der Waals surface area contributed by atoms with Crippen molar-refractivity contribution in [1.82, 2.24) is 15.0 Å². The van der Waals surface area contributed by atoms with Crippen LogP contribution in [0.2, 0.25) is 0 Å². The van der Waals surface area contributed by atoms with Crippen LogP contribution in [0.3, 0.4) is 0 Å². The van der Waals surface area contributed by atoms with Gasteiger partial charge in [0.1, 0.15) is 0 Å². The van der Waals surface area contributed by atoms with E-state index in [0.29, 0.717) is 48.7 Å². The van der Waals surface area contributed by atoms with Crippen LogP contribution >= 0.6 is 22.7 Å². The second kappa shape index (κ2) is 13.3. The van der Waals surface area contributed by atoms with Gasteiger partial charge in [0, 0.05) is 57.0 Å². The van der Waals surface area contributed by atoms with Crippen LogP contribution < -0.4 is 0 Å². The second-order valence-corrected chi connectivity index (χ2v) is 15.8. The van der Waals surface area contributed by atoms with E-state index in [4.69, 9.17) is 28.7 Å². The lowest BCUT2D eigenvalue weighted by Crippen LogP contribution is -2.01. The molecular formula is C53H31N3S2. The van der Waals surface area contributed by atoms with Gasteiger partial charge in [-0.25, -0.2) is 15.0 Å². The number of rotatable bonds is 5.